The smallest absolute Gasteiger partial charge is 0.251 e. The number of aryl methyl sites for hydroxylation is 1. The van der Waals surface area contributed by atoms with Crippen molar-refractivity contribution in [1.82, 2.24) is 20.1 Å². The van der Waals surface area contributed by atoms with Crippen LogP contribution in [-0.4, -0.2) is 27.2 Å². The third-order valence-electron chi connectivity index (χ3n) is 3.18. The summed E-state index contributed by atoms with van der Waals surface area (Å²) in [4.78, 5) is 16.4. The highest BCUT2D eigenvalue weighted by molar-refractivity contribution is 5.94. The number of carbonyl (C=O) groups excluding carboxylic acids is 1. The topological polar surface area (TPSA) is 85.8 Å². The van der Waals surface area contributed by atoms with E-state index >= 15 is 0 Å². The van der Waals surface area contributed by atoms with E-state index in [1.165, 1.54) is 0 Å². The van der Waals surface area contributed by atoms with Crippen LogP contribution in [0.5, 0.6) is 0 Å². The summed E-state index contributed by atoms with van der Waals surface area (Å²) in [6.45, 7) is 4.60. The zero-order chi connectivity index (χ0) is 15.4. The molecule has 0 unspecified atom stereocenters. The number of nitrogens with two attached hydrogens (primary N) is 1. The molecule has 0 saturated carbocycles. The van der Waals surface area contributed by atoms with Gasteiger partial charge in [0.1, 0.15) is 5.82 Å². The zero-order valence-electron chi connectivity index (χ0n) is 12.6. The van der Waals surface area contributed by atoms with E-state index in [2.05, 4.69) is 15.4 Å². The first-order valence-corrected chi connectivity index (χ1v) is 6.99. The maximum Gasteiger partial charge on any atom is 0.251 e. The maximum absolute atomic E-state index is 12.2. The van der Waals surface area contributed by atoms with Crippen LogP contribution in [0, 0.1) is 0 Å². The molecular formula is C15H21N5O. The van der Waals surface area contributed by atoms with Crippen LogP contribution >= 0.6 is 0 Å². The van der Waals surface area contributed by atoms with Gasteiger partial charge in [-0.05, 0) is 30.0 Å². The van der Waals surface area contributed by atoms with Gasteiger partial charge in [-0.1, -0.05) is 13.8 Å². The van der Waals surface area contributed by atoms with E-state index < -0.39 is 0 Å². The quantitative estimate of drug-likeness (QED) is 0.872. The molecular weight excluding hydrogens is 266 g/mol. The fourth-order valence-corrected chi connectivity index (χ4v) is 2.02. The van der Waals surface area contributed by atoms with Crippen molar-refractivity contribution in [3.63, 3.8) is 0 Å². The number of nitrogens with zero attached hydrogens (tertiary/aromatic N) is 3. The number of anilines is 1. The summed E-state index contributed by atoms with van der Waals surface area (Å²) in [6.07, 6.45) is 4.48. The lowest BCUT2D eigenvalue weighted by Gasteiger charge is -2.09. The third-order valence-corrected chi connectivity index (χ3v) is 3.18. The van der Waals surface area contributed by atoms with Crippen LogP contribution in [0.25, 0.3) is 0 Å². The number of carbonyl (C=O) groups is 1. The average Bonchev–Trinajstić information content (AvgIpc) is 2.83. The Bertz CT molecular complexity index is 633. The average molecular weight is 287 g/mol. The molecule has 0 fully saturated rings. The number of nitrogens with one attached hydrogen (secondary N) is 1. The molecule has 2 rings (SSSR count). The van der Waals surface area contributed by atoms with Gasteiger partial charge >= 0.3 is 0 Å². The number of pyridine rings is 1. The van der Waals surface area contributed by atoms with Crippen LogP contribution in [0.1, 0.15) is 41.4 Å². The molecule has 0 atom stereocenters. The lowest BCUT2D eigenvalue weighted by molar-refractivity contribution is 0.0954. The second-order valence-electron chi connectivity index (χ2n) is 5.39. The molecule has 0 aliphatic rings. The Kier molecular flexibility index (Phi) is 4.57. The van der Waals surface area contributed by atoms with Crippen LogP contribution < -0.4 is 11.1 Å². The second-order valence-corrected chi connectivity index (χ2v) is 5.39. The van der Waals surface area contributed by atoms with E-state index in [9.17, 15) is 4.79 Å². The van der Waals surface area contributed by atoms with Gasteiger partial charge in [0.2, 0.25) is 0 Å². The van der Waals surface area contributed by atoms with Crippen molar-refractivity contribution in [1.29, 1.82) is 0 Å². The summed E-state index contributed by atoms with van der Waals surface area (Å²) in [5.41, 5.74) is 8.23. The molecule has 0 bridgehead atoms. The molecule has 2 heterocycles. The minimum atomic E-state index is -0.130. The number of nitrogen functional groups attached to an aromatic ring is 1. The van der Waals surface area contributed by atoms with Crippen LogP contribution in [-0.2, 0) is 13.5 Å². The molecule has 0 aliphatic carbocycles. The predicted octanol–water partition coefficient (Wildman–Crippen LogP) is 1.49. The summed E-state index contributed by atoms with van der Waals surface area (Å²) >= 11 is 0. The molecule has 6 nitrogen and oxygen atoms in total. The standard InChI is InChI=1S/C15H21N5O/c1-10(2)13-6-12(7-14(16)19-13)15(21)17-5-4-11-8-18-20(3)9-11/h6-10H,4-5H2,1-3H3,(H2,16,19)(H,17,21). The van der Waals surface area contributed by atoms with Gasteiger partial charge in [-0.2, -0.15) is 5.10 Å². The minimum Gasteiger partial charge on any atom is -0.384 e. The Labute approximate surface area is 124 Å². The fourth-order valence-electron chi connectivity index (χ4n) is 2.02. The number of aromatic nitrogens is 3. The highest BCUT2D eigenvalue weighted by Gasteiger charge is 2.10. The first kappa shape index (κ1) is 15.0. The van der Waals surface area contributed by atoms with Crippen molar-refractivity contribution in [3.8, 4) is 0 Å². The molecule has 0 saturated heterocycles. The Hall–Kier alpha value is -2.37. The number of hydrogen-bond donors (Lipinski definition) is 2. The van der Waals surface area contributed by atoms with Crippen molar-refractivity contribution >= 4 is 11.7 Å². The molecule has 0 aromatic carbocycles. The monoisotopic (exact) mass is 287 g/mol. The number of amides is 1. The van der Waals surface area contributed by atoms with Crippen LogP contribution in [0.15, 0.2) is 24.5 Å². The van der Waals surface area contributed by atoms with Crippen LogP contribution in [0.2, 0.25) is 0 Å². The van der Waals surface area contributed by atoms with E-state index in [1.807, 2.05) is 27.1 Å². The first-order chi connectivity index (χ1) is 9.95. The normalized spacial score (nSPS) is 10.9. The second kappa shape index (κ2) is 6.39. The van der Waals surface area contributed by atoms with Gasteiger partial charge in [0, 0.05) is 31.0 Å². The van der Waals surface area contributed by atoms with Gasteiger partial charge in [-0.25, -0.2) is 4.98 Å². The number of hydrogen-bond acceptors (Lipinski definition) is 4. The van der Waals surface area contributed by atoms with Gasteiger partial charge in [0.05, 0.1) is 6.20 Å². The van der Waals surface area contributed by atoms with E-state index in [-0.39, 0.29) is 11.8 Å². The maximum atomic E-state index is 12.2. The summed E-state index contributed by atoms with van der Waals surface area (Å²) in [6, 6.07) is 3.39. The highest BCUT2D eigenvalue weighted by Crippen LogP contribution is 2.15. The number of rotatable bonds is 5. The Morgan fingerprint density at radius 3 is 2.81 bits per heavy atom. The molecule has 21 heavy (non-hydrogen) atoms. The highest BCUT2D eigenvalue weighted by atomic mass is 16.1. The van der Waals surface area contributed by atoms with E-state index in [4.69, 9.17) is 5.73 Å². The van der Waals surface area contributed by atoms with Crippen molar-refractivity contribution in [2.24, 2.45) is 7.05 Å². The van der Waals surface area contributed by atoms with Crippen LogP contribution in [0.4, 0.5) is 5.82 Å². The van der Waals surface area contributed by atoms with Crippen LogP contribution in [0.3, 0.4) is 0 Å². The van der Waals surface area contributed by atoms with Crippen molar-refractivity contribution < 1.29 is 4.79 Å². The van der Waals surface area contributed by atoms with Gasteiger partial charge in [0.15, 0.2) is 0 Å². The molecule has 112 valence electrons. The fraction of sp³-hybridized carbons (Fsp3) is 0.400. The Morgan fingerprint density at radius 1 is 1.43 bits per heavy atom. The molecule has 0 radical (unpaired) electrons. The molecule has 2 aromatic rings. The summed E-state index contributed by atoms with van der Waals surface area (Å²) in [7, 11) is 1.87. The van der Waals surface area contributed by atoms with E-state index in [1.54, 1.807) is 23.0 Å². The predicted molar refractivity (Wildman–Crippen MR) is 82.0 cm³/mol. The first-order valence-electron chi connectivity index (χ1n) is 6.99. The summed E-state index contributed by atoms with van der Waals surface area (Å²) in [5.74, 6) is 0.476. The third kappa shape index (κ3) is 4.05. The van der Waals surface area contributed by atoms with Gasteiger partial charge < -0.3 is 11.1 Å². The molecule has 0 aliphatic heterocycles. The lowest BCUT2D eigenvalue weighted by atomic mass is 10.1. The summed E-state index contributed by atoms with van der Waals surface area (Å²) < 4.78 is 1.75. The molecule has 0 spiro atoms. The minimum absolute atomic E-state index is 0.130. The van der Waals surface area contributed by atoms with Crippen molar-refractivity contribution in [2.75, 3.05) is 12.3 Å². The Morgan fingerprint density at radius 2 is 2.19 bits per heavy atom. The molecule has 3 N–H and O–H groups in total. The summed E-state index contributed by atoms with van der Waals surface area (Å²) in [5, 5.41) is 6.99. The zero-order valence-corrected chi connectivity index (χ0v) is 12.6. The van der Waals surface area contributed by atoms with Gasteiger partial charge in [-0.15, -0.1) is 0 Å². The lowest BCUT2D eigenvalue weighted by Crippen LogP contribution is -2.26. The SMILES string of the molecule is CC(C)c1cc(C(=O)NCCc2cnn(C)c2)cc(N)n1. The molecule has 1 amide bonds. The molecule has 2 aromatic heterocycles. The Balaban J connectivity index is 1.96. The van der Waals surface area contributed by atoms with Crippen molar-refractivity contribution in [2.45, 2.75) is 26.2 Å². The molecule has 6 heteroatoms. The largest absolute Gasteiger partial charge is 0.384 e. The van der Waals surface area contributed by atoms with E-state index in [0.717, 1.165) is 17.7 Å². The van der Waals surface area contributed by atoms with E-state index in [0.29, 0.717) is 17.9 Å². The van der Waals surface area contributed by atoms with Gasteiger partial charge in [-0.3, -0.25) is 9.48 Å². The van der Waals surface area contributed by atoms with Crippen molar-refractivity contribution in [3.05, 3.63) is 41.3 Å². The van der Waals surface area contributed by atoms with Gasteiger partial charge in [0.25, 0.3) is 5.91 Å².